The van der Waals surface area contributed by atoms with Gasteiger partial charge in [-0.3, -0.25) is 9.59 Å². The molecule has 0 aromatic carbocycles. The van der Waals surface area contributed by atoms with Gasteiger partial charge in [-0.25, -0.2) is 0 Å². The van der Waals surface area contributed by atoms with Crippen LogP contribution in [0.2, 0.25) is 0 Å². The summed E-state index contributed by atoms with van der Waals surface area (Å²) in [5, 5.41) is 0. The summed E-state index contributed by atoms with van der Waals surface area (Å²) in [7, 11) is 0. The average Bonchev–Trinajstić information content (AvgIpc) is 3.41. The van der Waals surface area contributed by atoms with Crippen LogP contribution in [0.5, 0.6) is 0 Å². The number of esters is 1. The Morgan fingerprint density at radius 3 is 2.10 bits per heavy atom. The molecule has 0 radical (unpaired) electrons. The summed E-state index contributed by atoms with van der Waals surface area (Å²) in [4.78, 5) is 27.5. The average molecular weight is 659 g/mol. The number of hydrogen-bond donors (Lipinski definition) is 0. The quantitative estimate of drug-likeness (QED) is 0.173. The minimum absolute atomic E-state index is 0.0628. The Morgan fingerprint density at radius 1 is 0.771 bits per heavy atom. The molecular weight excluding hydrogens is 588 g/mol. The van der Waals surface area contributed by atoms with Gasteiger partial charge in [0.05, 0.1) is 5.41 Å². The number of ketones is 1. The Labute approximate surface area is 294 Å². The zero-order valence-corrected chi connectivity index (χ0v) is 32.7. The summed E-state index contributed by atoms with van der Waals surface area (Å²) in [6.45, 7) is 28.2. The number of allylic oxidation sites excluding steroid dienone is 6. The van der Waals surface area contributed by atoms with Crippen LogP contribution in [0.25, 0.3) is 0 Å². The summed E-state index contributed by atoms with van der Waals surface area (Å²) >= 11 is 0. The fourth-order valence-corrected chi connectivity index (χ4v) is 13.0. The largest absolute Gasteiger partial charge is 0.461 e. The lowest BCUT2D eigenvalue weighted by Crippen LogP contribution is -2.66. The molecule has 268 valence electrons. The van der Waals surface area contributed by atoms with Crippen molar-refractivity contribution in [3.63, 3.8) is 0 Å². The van der Waals surface area contributed by atoms with Gasteiger partial charge in [0, 0.05) is 11.8 Å². The molecule has 5 fully saturated rings. The fourth-order valence-electron chi connectivity index (χ4n) is 13.0. The van der Waals surface area contributed by atoms with E-state index in [2.05, 4.69) is 94.0 Å². The van der Waals surface area contributed by atoms with Gasteiger partial charge in [0.1, 0.15) is 12.4 Å². The van der Waals surface area contributed by atoms with Crippen LogP contribution in [0.3, 0.4) is 0 Å². The van der Waals surface area contributed by atoms with Gasteiger partial charge in [-0.2, -0.15) is 0 Å². The molecule has 0 heterocycles. The van der Waals surface area contributed by atoms with Gasteiger partial charge in [0.25, 0.3) is 0 Å². The van der Waals surface area contributed by atoms with Crippen LogP contribution in [0.15, 0.2) is 47.1 Å². The van der Waals surface area contributed by atoms with E-state index in [0.717, 1.165) is 70.6 Å². The molecule has 3 heteroatoms. The molecular formula is C45H70O3. The highest BCUT2D eigenvalue weighted by Crippen LogP contribution is 2.77. The molecule has 0 aromatic heterocycles. The molecule has 3 nitrogen and oxygen atoms in total. The monoisotopic (exact) mass is 659 g/mol. The van der Waals surface area contributed by atoms with Crippen molar-refractivity contribution in [1.82, 2.24) is 0 Å². The van der Waals surface area contributed by atoms with Crippen molar-refractivity contribution in [2.75, 3.05) is 6.61 Å². The second kappa shape index (κ2) is 13.7. The van der Waals surface area contributed by atoms with Crippen molar-refractivity contribution in [2.45, 2.75) is 159 Å². The molecule has 0 aromatic rings. The Morgan fingerprint density at radius 2 is 1.44 bits per heavy atom. The second-order valence-corrected chi connectivity index (χ2v) is 19.0. The first kappa shape index (κ1) is 37.4. The van der Waals surface area contributed by atoms with Gasteiger partial charge in [-0.05, 0) is 170 Å². The normalized spacial score (nSPS) is 40.6. The van der Waals surface area contributed by atoms with Crippen LogP contribution < -0.4 is 0 Å². The minimum Gasteiger partial charge on any atom is -0.461 e. The van der Waals surface area contributed by atoms with E-state index in [1.165, 1.54) is 41.6 Å². The highest BCUT2D eigenvalue weighted by Gasteiger charge is 2.72. The molecule has 0 aliphatic heterocycles. The predicted octanol–water partition coefficient (Wildman–Crippen LogP) is 12.2. The molecule has 0 spiro atoms. The Kier molecular flexibility index (Phi) is 10.6. The summed E-state index contributed by atoms with van der Waals surface area (Å²) in [6, 6.07) is 0. The first-order valence-corrected chi connectivity index (χ1v) is 19.7. The van der Waals surface area contributed by atoms with Crippen LogP contribution in [0.4, 0.5) is 0 Å². The summed E-state index contributed by atoms with van der Waals surface area (Å²) in [5.41, 5.74) is 5.40. The van der Waals surface area contributed by atoms with E-state index in [4.69, 9.17) is 4.74 Å². The maximum absolute atomic E-state index is 14.4. The molecule has 9 atom stereocenters. The molecule has 0 bridgehead atoms. The lowest BCUT2D eigenvalue weighted by Gasteiger charge is -2.72. The van der Waals surface area contributed by atoms with Gasteiger partial charge in [-0.1, -0.05) is 75.6 Å². The highest BCUT2D eigenvalue weighted by molar-refractivity contribution is 5.85. The maximum Gasteiger partial charge on any atom is 0.312 e. The molecule has 2 unspecified atom stereocenters. The van der Waals surface area contributed by atoms with E-state index in [1.807, 2.05) is 0 Å². The van der Waals surface area contributed by atoms with Gasteiger partial charge >= 0.3 is 5.97 Å². The van der Waals surface area contributed by atoms with E-state index in [9.17, 15) is 9.59 Å². The third-order valence-corrected chi connectivity index (χ3v) is 16.0. The first-order chi connectivity index (χ1) is 22.4. The van der Waals surface area contributed by atoms with Crippen LogP contribution in [-0.4, -0.2) is 18.4 Å². The van der Waals surface area contributed by atoms with Crippen molar-refractivity contribution < 1.29 is 14.3 Å². The molecule has 5 aliphatic carbocycles. The maximum atomic E-state index is 14.4. The molecule has 48 heavy (non-hydrogen) atoms. The third kappa shape index (κ3) is 6.18. The minimum atomic E-state index is -0.385. The van der Waals surface area contributed by atoms with Crippen molar-refractivity contribution in [2.24, 2.45) is 56.7 Å². The van der Waals surface area contributed by atoms with Crippen LogP contribution in [-0.2, 0) is 14.3 Å². The fraction of sp³-hybridized carbons (Fsp3) is 0.778. The molecule has 0 saturated heterocycles. The van der Waals surface area contributed by atoms with Crippen LogP contribution in [0.1, 0.15) is 159 Å². The van der Waals surface area contributed by atoms with Crippen molar-refractivity contribution in [3.05, 3.63) is 47.1 Å². The Bertz CT molecular complexity index is 1360. The Balaban J connectivity index is 1.31. The van der Waals surface area contributed by atoms with E-state index in [0.29, 0.717) is 42.0 Å². The topological polar surface area (TPSA) is 43.4 Å². The molecule has 5 rings (SSSR count). The molecule has 0 N–H and O–H groups in total. The predicted molar refractivity (Wildman–Crippen MR) is 200 cm³/mol. The standard InChI is InChI=1S/C45H70O3/c1-30(2)14-12-15-32(5)16-13-17-33(6)23-29-48-40(47)45-26-20-34(31(3)4)39(45)35-18-19-37-42(9)24-22-38(46)41(7,8)36(42)21-25-44(37,11)43(35,10)27-28-45/h14,16,23,34-37,39H,3,12-13,15,17-22,24-29H2,1-2,4-11H3/b32-16+,33-23+/t34-,35+,36?,37+,39?,42-,43+,44+,45-/m0/s1. The molecule has 0 amide bonds. The smallest absolute Gasteiger partial charge is 0.312 e. The van der Waals surface area contributed by atoms with Gasteiger partial charge < -0.3 is 4.74 Å². The number of Topliss-reactive ketones (excluding diaryl/α,β-unsaturated/α-hetero) is 1. The first-order valence-electron chi connectivity index (χ1n) is 19.7. The van der Waals surface area contributed by atoms with Crippen molar-refractivity contribution in [3.8, 4) is 0 Å². The molecule has 5 saturated carbocycles. The number of carbonyl (C=O) groups excluding carboxylic acids is 2. The van der Waals surface area contributed by atoms with E-state index >= 15 is 0 Å². The van der Waals surface area contributed by atoms with Gasteiger partial charge in [0.15, 0.2) is 0 Å². The van der Waals surface area contributed by atoms with Crippen LogP contribution >= 0.6 is 0 Å². The Hall–Kier alpha value is -1.90. The summed E-state index contributed by atoms with van der Waals surface area (Å²) < 4.78 is 6.25. The zero-order valence-electron chi connectivity index (χ0n) is 32.7. The lowest BCUT2D eigenvalue weighted by molar-refractivity contribution is -0.235. The van der Waals surface area contributed by atoms with Crippen molar-refractivity contribution >= 4 is 11.8 Å². The van der Waals surface area contributed by atoms with E-state index < -0.39 is 0 Å². The zero-order chi connectivity index (χ0) is 35.3. The second-order valence-electron chi connectivity index (χ2n) is 19.0. The molecule has 5 aliphatic rings. The van der Waals surface area contributed by atoms with Gasteiger partial charge in [0.2, 0.25) is 0 Å². The third-order valence-electron chi connectivity index (χ3n) is 16.0. The van der Waals surface area contributed by atoms with E-state index in [-0.39, 0.29) is 33.0 Å². The highest BCUT2D eigenvalue weighted by atomic mass is 16.5. The number of ether oxygens (including phenoxy) is 1. The van der Waals surface area contributed by atoms with Gasteiger partial charge in [-0.15, -0.1) is 0 Å². The summed E-state index contributed by atoms with van der Waals surface area (Å²) in [6.07, 6.45) is 21.7. The number of hydrogen-bond acceptors (Lipinski definition) is 3. The van der Waals surface area contributed by atoms with Crippen LogP contribution in [0, 0.1) is 56.7 Å². The van der Waals surface area contributed by atoms with E-state index in [1.54, 1.807) is 0 Å². The lowest BCUT2D eigenvalue weighted by atomic mass is 9.32. The number of fused-ring (bicyclic) bond motifs is 7. The van der Waals surface area contributed by atoms with Crippen molar-refractivity contribution in [1.29, 1.82) is 0 Å². The SMILES string of the molecule is C=C(C)[C@@H]1CC[C@]2(C(=O)OC/C=C(\C)CC/C=C(\C)CCC=C(C)C)CC[C@]3(C)[C@H](CC[C@@H]4[C@@]5(C)CCC(=O)C(C)(C)C5CC[C@]43C)C12. The summed E-state index contributed by atoms with van der Waals surface area (Å²) in [5.74, 6) is 2.86. The number of carbonyl (C=O) groups is 2. The number of rotatable bonds is 10.